The summed E-state index contributed by atoms with van der Waals surface area (Å²) in [4.78, 5) is 0. The number of hydrogen-bond donors (Lipinski definition) is 1. The van der Waals surface area contributed by atoms with E-state index in [9.17, 15) is 0 Å². The molecule has 0 aliphatic carbocycles. The predicted octanol–water partition coefficient (Wildman–Crippen LogP) is 5.68. The van der Waals surface area contributed by atoms with Gasteiger partial charge in [-0.05, 0) is 41.8 Å². The normalized spacial score (nSPS) is 11.1. The van der Waals surface area contributed by atoms with E-state index in [1.165, 1.54) is 22.0 Å². The van der Waals surface area contributed by atoms with E-state index in [4.69, 9.17) is 11.6 Å². The third kappa shape index (κ3) is 4.24. The Balaban J connectivity index is 1.49. The lowest BCUT2D eigenvalue weighted by molar-refractivity contribution is 0.686. The monoisotopic (exact) mass is 374 g/mol. The number of para-hydroxylation sites is 1. The molecule has 136 valence electrons. The Morgan fingerprint density at radius 3 is 2.37 bits per heavy atom. The van der Waals surface area contributed by atoms with Crippen molar-refractivity contribution in [2.45, 2.75) is 19.5 Å². The SMILES string of the molecule is Clc1ccccc1Cn1cc(CNCCc2ccccc2)c2ccccc21. The number of nitrogens with one attached hydrogen (secondary N) is 1. The van der Waals surface area contributed by atoms with Gasteiger partial charge in [-0.3, -0.25) is 0 Å². The van der Waals surface area contributed by atoms with Gasteiger partial charge in [-0.1, -0.05) is 78.3 Å². The van der Waals surface area contributed by atoms with E-state index in [1.807, 2.05) is 18.2 Å². The van der Waals surface area contributed by atoms with Crippen LogP contribution < -0.4 is 5.32 Å². The van der Waals surface area contributed by atoms with Crippen molar-refractivity contribution in [1.29, 1.82) is 0 Å². The average molecular weight is 375 g/mol. The van der Waals surface area contributed by atoms with E-state index >= 15 is 0 Å². The first-order chi connectivity index (χ1) is 13.3. The fourth-order valence-corrected chi connectivity index (χ4v) is 3.70. The van der Waals surface area contributed by atoms with Crippen LogP contribution in [0.25, 0.3) is 10.9 Å². The van der Waals surface area contributed by atoms with E-state index < -0.39 is 0 Å². The molecule has 1 aromatic heterocycles. The van der Waals surface area contributed by atoms with Crippen molar-refractivity contribution in [3.63, 3.8) is 0 Å². The lowest BCUT2D eigenvalue weighted by Gasteiger charge is -2.07. The van der Waals surface area contributed by atoms with E-state index in [2.05, 4.69) is 76.7 Å². The highest BCUT2D eigenvalue weighted by Gasteiger charge is 2.09. The van der Waals surface area contributed by atoms with Crippen molar-refractivity contribution < 1.29 is 0 Å². The fourth-order valence-electron chi connectivity index (χ4n) is 3.51. The second-order valence-corrected chi connectivity index (χ2v) is 7.21. The Labute approximate surface area is 165 Å². The van der Waals surface area contributed by atoms with Crippen molar-refractivity contribution in [2.24, 2.45) is 0 Å². The number of hydrogen-bond acceptors (Lipinski definition) is 1. The van der Waals surface area contributed by atoms with Crippen LogP contribution in [-0.2, 0) is 19.5 Å². The van der Waals surface area contributed by atoms with Crippen molar-refractivity contribution >= 4 is 22.5 Å². The standard InChI is InChI=1S/C24H23ClN2/c25-23-12-6-4-10-20(23)17-27-18-21(22-11-5-7-13-24(22)27)16-26-15-14-19-8-2-1-3-9-19/h1-13,18,26H,14-17H2. The molecule has 3 aromatic carbocycles. The molecule has 0 saturated heterocycles. The van der Waals surface area contributed by atoms with Gasteiger partial charge in [0.15, 0.2) is 0 Å². The number of halogens is 1. The molecular formula is C24H23ClN2. The minimum absolute atomic E-state index is 0.782. The minimum atomic E-state index is 0.782. The van der Waals surface area contributed by atoms with Crippen LogP contribution in [0.1, 0.15) is 16.7 Å². The molecule has 0 amide bonds. The van der Waals surface area contributed by atoms with Gasteiger partial charge in [0.1, 0.15) is 0 Å². The second-order valence-electron chi connectivity index (χ2n) is 6.80. The lowest BCUT2D eigenvalue weighted by Crippen LogP contribution is -2.16. The molecule has 0 bridgehead atoms. The Hall–Kier alpha value is -2.55. The van der Waals surface area contributed by atoms with Crippen molar-refractivity contribution in [1.82, 2.24) is 9.88 Å². The third-order valence-corrected chi connectivity index (χ3v) is 5.29. The predicted molar refractivity (Wildman–Crippen MR) is 114 cm³/mol. The Bertz CT molecular complexity index is 1020. The molecule has 0 aliphatic rings. The molecule has 0 aliphatic heterocycles. The van der Waals surface area contributed by atoms with Gasteiger partial charge in [-0.15, -0.1) is 0 Å². The Kier molecular flexibility index (Phi) is 5.57. The summed E-state index contributed by atoms with van der Waals surface area (Å²) < 4.78 is 2.30. The molecule has 0 radical (unpaired) electrons. The number of nitrogens with zero attached hydrogens (tertiary/aromatic N) is 1. The summed E-state index contributed by atoms with van der Waals surface area (Å²) in [5, 5.41) is 5.71. The quantitative estimate of drug-likeness (QED) is 0.412. The summed E-state index contributed by atoms with van der Waals surface area (Å²) in [5.41, 5.74) is 5.08. The van der Waals surface area contributed by atoms with Crippen LogP contribution in [0.5, 0.6) is 0 Å². The highest BCUT2D eigenvalue weighted by Crippen LogP contribution is 2.24. The maximum Gasteiger partial charge on any atom is 0.0491 e. The number of fused-ring (bicyclic) bond motifs is 1. The van der Waals surface area contributed by atoms with Crippen molar-refractivity contribution in [2.75, 3.05) is 6.54 Å². The van der Waals surface area contributed by atoms with Gasteiger partial charge in [0, 0.05) is 35.2 Å². The van der Waals surface area contributed by atoms with Crippen LogP contribution in [0.3, 0.4) is 0 Å². The summed E-state index contributed by atoms with van der Waals surface area (Å²) in [5.74, 6) is 0. The first-order valence-electron chi connectivity index (χ1n) is 9.36. The second kappa shape index (κ2) is 8.43. The summed E-state index contributed by atoms with van der Waals surface area (Å²) in [6.07, 6.45) is 3.29. The zero-order chi connectivity index (χ0) is 18.5. The Morgan fingerprint density at radius 2 is 1.52 bits per heavy atom. The molecule has 4 rings (SSSR count). The summed E-state index contributed by atoms with van der Waals surface area (Å²) >= 11 is 6.37. The van der Waals surface area contributed by atoms with Gasteiger partial charge in [-0.25, -0.2) is 0 Å². The van der Waals surface area contributed by atoms with Crippen LogP contribution in [0.15, 0.2) is 85.1 Å². The minimum Gasteiger partial charge on any atom is -0.343 e. The highest BCUT2D eigenvalue weighted by molar-refractivity contribution is 6.31. The van der Waals surface area contributed by atoms with Gasteiger partial charge in [0.05, 0.1) is 0 Å². The molecule has 4 aromatic rings. The largest absolute Gasteiger partial charge is 0.343 e. The summed E-state index contributed by atoms with van der Waals surface area (Å²) in [6.45, 7) is 2.61. The molecule has 0 fully saturated rings. The molecule has 0 unspecified atom stereocenters. The van der Waals surface area contributed by atoms with E-state index in [-0.39, 0.29) is 0 Å². The maximum absolute atomic E-state index is 6.37. The van der Waals surface area contributed by atoms with Crippen LogP contribution in [0.2, 0.25) is 5.02 Å². The Morgan fingerprint density at radius 1 is 0.778 bits per heavy atom. The maximum atomic E-state index is 6.37. The fraction of sp³-hybridized carbons (Fsp3) is 0.167. The smallest absolute Gasteiger partial charge is 0.0491 e. The molecule has 27 heavy (non-hydrogen) atoms. The van der Waals surface area contributed by atoms with Gasteiger partial charge in [-0.2, -0.15) is 0 Å². The number of benzene rings is 3. The molecule has 1 N–H and O–H groups in total. The van der Waals surface area contributed by atoms with E-state index in [0.29, 0.717) is 0 Å². The zero-order valence-corrected chi connectivity index (χ0v) is 16.0. The average Bonchev–Trinajstić information content (AvgIpc) is 3.06. The lowest BCUT2D eigenvalue weighted by atomic mass is 10.1. The van der Waals surface area contributed by atoms with E-state index in [1.54, 1.807) is 0 Å². The van der Waals surface area contributed by atoms with Crippen LogP contribution in [0, 0.1) is 0 Å². The molecular weight excluding hydrogens is 352 g/mol. The molecule has 2 nitrogen and oxygen atoms in total. The van der Waals surface area contributed by atoms with Gasteiger partial charge >= 0.3 is 0 Å². The summed E-state index contributed by atoms with van der Waals surface area (Å²) in [6, 6.07) is 27.2. The van der Waals surface area contributed by atoms with Crippen LogP contribution >= 0.6 is 11.6 Å². The molecule has 0 saturated carbocycles. The third-order valence-electron chi connectivity index (χ3n) is 4.92. The molecule has 3 heteroatoms. The van der Waals surface area contributed by atoms with Gasteiger partial charge in [0.2, 0.25) is 0 Å². The first-order valence-corrected chi connectivity index (χ1v) is 9.74. The highest BCUT2D eigenvalue weighted by atomic mass is 35.5. The van der Waals surface area contributed by atoms with E-state index in [0.717, 1.165) is 36.6 Å². The van der Waals surface area contributed by atoms with Crippen molar-refractivity contribution in [3.8, 4) is 0 Å². The first kappa shape index (κ1) is 17.8. The molecule has 0 spiro atoms. The summed E-state index contributed by atoms with van der Waals surface area (Å²) in [7, 11) is 0. The van der Waals surface area contributed by atoms with Gasteiger partial charge in [0.25, 0.3) is 0 Å². The van der Waals surface area contributed by atoms with Crippen LogP contribution in [-0.4, -0.2) is 11.1 Å². The van der Waals surface area contributed by atoms with Crippen molar-refractivity contribution in [3.05, 3.63) is 107 Å². The number of rotatable bonds is 7. The van der Waals surface area contributed by atoms with Gasteiger partial charge < -0.3 is 9.88 Å². The topological polar surface area (TPSA) is 17.0 Å². The molecule has 0 atom stereocenters. The zero-order valence-electron chi connectivity index (χ0n) is 15.2. The number of aromatic nitrogens is 1. The molecule has 1 heterocycles. The van der Waals surface area contributed by atoms with Crippen LogP contribution in [0.4, 0.5) is 0 Å².